The normalized spacial score (nSPS) is 18.0. The summed E-state index contributed by atoms with van der Waals surface area (Å²) in [4.78, 5) is 4.07. The van der Waals surface area contributed by atoms with E-state index in [1.54, 1.807) is 18.5 Å². The predicted octanol–water partition coefficient (Wildman–Crippen LogP) is 2.27. The molecule has 18 heavy (non-hydrogen) atoms. The third-order valence-electron chi connectivity index (χ3n) is 3.76. The number of nitrogens with two attached hydrogens (primary N) is 1. The van der Waals surface area contributed by atoms with Crippen LogP contribution in [0.4, 0.5) is 5.69 Å². The molecule has 4 heteroatoms. The van der Waals surface area contributed by atoms with E-state index < -0.39 is 0 Å². The highest BCUT2D eigenvalue weighted by Gasteiger charge is 2.23. The molecule has 1 atom stereocenters. The van der Waals surface area contributed by atoms with Gasteiger partial charge < -0.3 is 11.1 Å². The van der Waals surface area contributed by atoms with Crippen molar-refractivity contribution in [1.29, 1.82) is 5.26 Å². The minimum absolute atomic E-state index is 0.251. The van der Waals surface area contributed by atoms with Crippen LogP contribution in [-0.4, -0.2) is 17.6 Å². The summed E-state index contributed by atoms with van der Waals surface area (Å²) in [5.41, 5.74) is 7.32. The molecule has 0 saturated heterocycles. The Kier molecular flexibility index (Phi) is 4.54. The number of aromatic nitrogens is 1. The van der Waals surface area contributed by atoms with E-state index in [0.29, 0.717) is 18.0 Å². The summed E-state index contributed by atoms with van der Waals surface area (Å²) in [6.45, 7) is 0.602. The highest BCUT2D eigenvalue weighted by molar-refractivity contribution is 5.56. The van der Waals surface area contributed by atoms with Crippen molar-refractivity contribution in [2.75, 3.05) is 11.9 Å². The summed E-state index contributed by atoms with van der Waals surface area (Å²) < 4.78 is 0. The summed E-state index contributed by atoms with van der Waals surface area (Å²) in [7, 11) is 0. The average Bonchev–Trinajstić information content (AvgIpc) is 2.46. The molecule has 1 aliphatic rings. The Morgan fingerprint density at radius 3 is 2.89 bits per heavy atom. The molecule has 0 aromatic carbocycles. The maximum absolute atomic E-state index is 9.07. The molecule has 1 aromatic heterocycles. The Labute approximate surface area is 108 Å². The smallest absolute Gasteiger partial charge is 0.101 e. The first-order chi connectivity index (χ1) is 8.85. The highest BCUT2D eigenvalue weighted by atomic mass is 15.0. The second-order valence-electron chi connectivity index (χ2n) is 4.92. The lowest BCUT2D eigenvalue weighted by molar-refractivity contribution is 0.320. The molecule has 1 fully saturated rings. The summed E-state index contributed by atoms with van der Waals surface area (Å²) >= 11 is 0. The standard InChI is InChI=1S/C14H20N4/c15-8-12-6-7-17-10-14(12)18-13(9-16)11-4-2-1-3-5-11/h6-7,10-11,13,18H,1-5,9,16H2. The molecule has 0 bridgehead atoms. The Morgan fingerprint density at radius 2 is 2.22 bits per heavy atom. The summed E-state index contributed by atoms with van der Waals surface area (Å²) in [5, 5.41) is 12.5. The zero-order chi connectivity index (χ0) is 12.8. The lowest BCUT2D eigenvalue weighted by Crippen LogP contribution is -2.37. The maximum atomic E-state index is 9.07. The summed E-state index contributed by atoms with van der Waals surface area (Å²) in [6.07, 6.45) is 9.74. The zero-order valence-electron chi connectivity index (χ0n) is 10.6. The average molecular weight is 244 g/mol. The number of nitrogens with zero attached hydrogens (tertiary/aromatic N) is 2. The van der Waals surface area contributed by atoms with Gasteiger partial charge in [0, 0.05) is 18.8 Å². The minimum Gasteiger partial charge on any atom is -0.378 e. The van der Waals surface area contributed by atoms with Gasteiger partial charge in [-0.2, -0.15) is 5.26 Å². The molecule has 3 N–H and O–H groups in total. The van der Waals surface area contributed by atoms with E-state index in [0.717, 1.165) is 5.69 Å². The molecule has 96 valence electrons. The van der Waals surface area contributed by atoms with Crippen LogP contribution < -0.4 is 11.1 Å². The van der Waals surface area contributed by atoms with Crippen molar-refractivity contribution in [3.05, 3.63) is 24.0 Å². The number of hydrogen-bond donors (Lipinski definition) is 2. The molecule has 4 nitrogen and oxygen atoms in total. The van der Waals surface area contributed by atoms with Crippen molar-refractivity contribution < 1.29 is 0 Å². The van der Waals surface area contributed by atoms with Crippen LogP contribution in [0.15, 0.2) is 18.5 Å². The van der Waals surface area contributed by atoms with Crippen LogP contribution in [-0.2, 0) is 0 Å². The first kappa shape index (κ1) is 12.8. The van der Waals surface area contributed by atoms with Gasteiger partial charge in [-0.3, -0.25) is 4.98 Å². The molecule has 0 spiro atoms. The van der Waals surface area contributed by atoms with Gasteiger partial charge >= 0.3 is 0 Å². The molecule has 1 heterocycles. The van der Waals surface area contributed by atoms with Crippen molar-refractivity contribution in [3.8, 4) is 6.07 Å². The van der Waals surface area contributed by atoms with Crippen molar-refractivity contribution >= 4 is 5.69 Å². The van der Waals surface area contributed by atoms with Gasteiger partial charge in [-0.05, 0) is 24.8 Å². The Morgan fingerprint density at radius 1 is 1.44 bits per heavy atom. The van der Waals surface area contributed by atoms with E-state index in [1.165, 1.54) is 32.1 Å². The minimum atomic E-state index is 0.251. The van der Waals surface area contributed by atoms with Gasteiger partial charge in [0.25, 0.3) is 0 Å². The van der Waals surface area contributed by atoms with Crippen molar-refractivity contribution in [1.82, 2.24) is 4.98 Å². The molecular weight excluding hydrogens is 224 g/mol. The van der Waals surface area contributed by atoms with Gasteiger partial charge in [-0.15, -0.1) is 0 Å². The third kappa shape index (κ3) is 2.99. The molecule has 0 amide bonds. The van der Waals surface area contributed by atoms with Crippen molar-refractivity contribution in [2.45, 2.75) is 38.1 Å². The van der Waals surface area contributed by atoms with Crippen molar-refractivity contribution in [2.24, 2.45) is 11.7 Å². The van der Waals surface area contributed by atoms with Crippen LogP contribution in [0.25, 0.3) is 0 Å². The van der Waals surface area contributed by atoms with E-state index in [1.807, 2.05) is 0 Å². The van der Waals surface area contributed by atoms with Gasteiger partial charge in [0.15, 0.2) is 0 Å². The molecule has 2 rings (SSSR count). The van der Waals surface area contributed by atoms with Gasteiger partial charge in [0.2, 0.25) is 0 Å². The Balaban J connectivity index is 2.07. The monoisotopic (exact) mass is 244 g/mol. The lowest BCUT2D eigenvalue weighted by atomic mass is 9.84. The second-order valence-corrected chi connectivity index (χ2v) is 4.92. The largest absolute Gasteiger partial charge is 0.378 e. The van der Waals surface area contributed by atoms with Crippen LogP contribution in [0.2, 0.25) is 0 Å². The van der Waals surface area contributed by atoms with Crippen molar-refractivity contribution in [3.63, 3.8) is 0 Å². The summed E-state index contributed by atoms with van der Waals surface area (Å²) in [6, 6.07) is 4.17. The van der Waals surface area contributed by atoms with E-state index in [-0.39, 0.29) is 6.04 Å². The van der Waals surface area contributed by atoms with E-state index in [2.05, 4.69) is 16.4 Å². The topological polar surface area (TPSA) is 74.7 Å². The van der Waals surface area contributed by atoms with E-state index in [4.69, 9.17) is 11.0 Å². The quantitative estimate of drug-likeness (QED) is 0.852. The molecule has 1 aliphatic carbocycles. The van der Waals surface area contributed by atoms with Crippen LogP contribution in [0.3, 0.4) is 0 Å². The predicted molar refractivity (Wildman–Crippen MR) is 72.0 cm³/mol. The van der Waals surface area contributed by atoms with Gasteiger partial charge in [-0.25, -0.2) is 0 Å². The van der Waals surface area contributed by atoms with Gasteiger partial charge in [-0.1, -0.05) is 19.3 Å². The summed E-state index contributed by atoms with van der Waals surface area (Å²) in [5.74, 6) is 0.621. The molecule has 1 saturated carbocycles. The van der Waals surface area contributed by atoms with Crippen LogP contribution in [0.1, 0.15) is 37.7 Å². The molecular formula is C14H20N4. The van der Waals surface area contributed by atoms with Crippen LogP contribution in [0.5, 0.6) is 0 Å². The zero-order valence-corrected chi connectivity index (χ0v) is 10.6. The fourth-order valence-corrected chi connectivity index (χ4v) is 2.71. The second kappa shape index (κ2) is 6.36. The number of nitriles is 1. The SMILES string of the molecule is N#Cc1ccncc1NC(CN)C1CCCCC1. The number of anilines is 1. The highest BCUT2D eigenvalue weighted by Crippen LogP contribution is 2.28. The molecule has 0 radical (unpaired) electrons. The lowest BCUT2D eigenvalue weighted by Gasteiger charge is -2.30. The fraction of sp³-hybridized carbons (Fsp3) is 0.571. The van der Waals surface area contributed by atoms with Crippen LogP contribution in [0, 0.1) is 17.2 Å². The molecule has 1 aromatic rings. The molecule has 0 aliphatic heterocycles. The van der Waals surface area contributed by atoms with E-state index in [9.17, 15) is 0 Å². The number of hydrogen-bond acceptors (Lipinski definition) is 4. The van der Waals surface area contributed by atoms with Gasteiger partial charge in [0.05, 0.1) is 17.4 Å². The number of pyridine rings is 1. The molecule has 1 unspecified atom stereocenters. The number of nitrogens with one attached hydrogen (secondary N) is 1. The third-order valence-corrected chi connectivity index (χ3v) is 3.76. The number of rotatable bonds is 4. The first-order valence-electron chi connectivity index (χ1n) is 6.66. The Bertz CT molecular complexity index is 418. The maximum Gasteiger partial charge on any atom is 0.101 e. The Hall–Kier alpha value is -1.60. The van der Waals surface area contributed by atoms with Gasteiger partial charge in [0.1, 0.15) is 6.07 Å². The van der Waals surface area contributed by atoms with Crippen LogP contribution >= 0.6 is 0 Å². The van der Waals surface area contributed by atoms with E-state index >= 15 is 0 Å². The fourth-order valence-electron chi connectivity index (χ4n) is 2.71. The first-order valence-corrected chi connectivity index (χ1v) is 6.66.